The molecule has 1 aromatic carbocycles. The van der Waals surface area contributed by atoms with E-state index < -0.39 is 11.4 Å². The lowest BCUT2D eigenvalue weighted by molar-refractivity contribution is -0.384. The quantitative estimate of drug-likeness (QED) is 0.257. The topological polar surface area (TPSA) is 102 Å². The lowest BCUT2D eigenvalue weighted by Gasteiger charge is -2.72. The van der Waals surface area contributed by atoms with Crippen molar-refractivity contribution in [3.8, 4) is 0 Å². The number of nitro benzene ring substituents is 1. The molecule has 0 unspecified atom stereocenters. The van der Waals surface area contributed by atoms with E-state index in [2.05, 4.69) is 48.5 Å². The molecule has 0 aliphatic heterocycles. The van der Waals surface area contributed by atoms with E-state index in [-0.39, 0.29) is 32.3 Å². The van der Waals surface area contributed by atoms with Gasteiger partial charge in [-0.2, -0.15) is 0 Å². The first-order valence-electron chi connectivity index (χ1n) is 17.3. The molecule has 5 aliphatic rings. The molecule has 5 saturated carbocycles. The van der Waals surface area contributed by atoms with Gasteiger partial charge in [0.05, 0.1) is 16.0 Å². The predicted octanol–water partition coefficient (Wildman–Crippen LogP) is 9.29. The number of rotatable bonds is 6. The van der Waals surface area contributed by atoms with Gasteiger partial charge in [-0.1, -0.05) is 53.6 Å². The van der Waals surface area contributed by atoms with Crippen LogP contribution in [0.3, 0.4) is 0 Å². The molecule has 0 heterocycles. The first-order chi connectivity index (χ1) is 20.6. The van der Waals surface area contributed by atoms with Gasteiger partial charge in [0.1, 0.15) is 6.61 Å². The molecule has 0 spiro atoms. The Morgan fingerprint density at radius 3 is 2.30 bits per heavy atom. The summed E-state index contributed by atoms with van der Waals surface area (Å²) in [4.78, 5) is 29.4. The van der Waals surface area contributed by atoms with Gasteiger partial charge in [-0.05, 0) is 134 Å². The third kappa shape index (κ3) is 4.33. The Bertz CT molecular complexity index is 1340. The molecular weight excluding hydrogens is 552 g/mol. The third-order valence-corrected chi connectivity index (χ3v) is 15.1. The van der Waals surface area contributed by atoms with Gasteiger partial charge >= 0.3 is 5.97 Å². The molecule has 0 radical (unpaired) electrons. The molecule has 7 nitrogen and oxygen atoms in total. The Labute approximate surface area is 263 Å². The van der Waals surface area contributed by atoms with Crippen molar-refractivity contribution < 1.29 is 19.7 Å². The van der Waals surface area contributed by atoms with Gasteiger partial charge in [0.25, 0.3) is 5.69 Å². The van der Waals surface area contributed by atoms with Crippen LogP contribution < -0.4 is 0 Å². The molecule has 0 aromatic heterocycles. The number of non-ortho nitro benzene ring substituents is 1. The van der Waals surface area contributed by atoms with Crippen LogP contribution in [0.25, 0.3) is 0 Å². The fourth-order valence-corrected chi connectivity index (χ4v) is 12.6. The van der Waals surface area contributed by atoms with Crippen molar-refractivity contribution in [2.24, 2.45) is 67.7 Å². The van der Waals surface area contributed by atoms with Crippen LogP contribution in [0.4, 0.5) is 5.69 Å². The summed E-state index contributed by atoms with van der Waals surface area (Å²) < 4.78 is 0. The number of fused-ring (bicyclic) bond motifs is 7. The molecule has 0 bridgehead atoms. The maximum atomic E-state index is 13.0. The molecule has 9 atom stereocenters. The number of carboxylic acid groups (broad SMARTS) is 1. The van der Waals surface area contributed by atoms with Crippen LogP contribution in [-0.2, 0) is 16.2 Å². The second-order valence-electron chi connectivity index (χ2n) is 17.1. The Balaban J connectivity index is 1.24. The summed E-state index contributed by atoms with van der Waals surface area (Å²) >= 11 is 0. The monoisotopic (exact) mass is 606 g/mol. The Morgan fingerprint density at radius 2 is 1.66 bits per heavy atom. The molecule has 0 saturated heterocycles. The number of hydrogen-bond acceptors (Lipinski definition) is 5. The van der Waals surface area contributed by atoms with Gasteiger partial charge in [-0.3, -0.25) is 14.9 Å². The number of nitrogens with zero attached hydrogens (tertiary/aromatic N) is 2. The average Bonchev–Trinajstić information content (AvgIpc) is 3.36. The third-order valence-electron chi connectivity index (χ3n) is 15.1. The highest BCUT2D eigenvalue weighted by atomic mass is 16.6. The first kappa shape index (κ1) is 31.5. The number of hydrogen-bond donors (Lipinski definition) is 1. The second kappa shape index (κ2) is 10.6. The van der Waals surface area contributed by atoms with Gasteiger partial charge in [0.2, 0.25) is 0 Å². The van der Waals surface area contributed by atoms with E-state index in [1.165, 1.54) is 37.8 Å². The van der Waals surface area contributed by atoms with Crippen LogP contribution in [0.5, 0.6) is 0 Å². The lowest BCUT2D eigenvalue weighted by Crippen LogP contribution is -2.66. The molecule has 5 fully saturated rings. The Kier molecular flexibility index (Phi) is 7.56. The molecule has 242 valence electrons. The van der Waals surface area contributed by atoms with Crippen LogP contribution in [0.2, 0.25) is 0 Å². The van der Waals surface area contributed by atoms with E-state index in [1.807, 2.05) is 0 Å². The highest BCUT2D eigenvalue weighted by Crippen LogP contribution is 2.77. The Hall–Kier alpha value is -2.44. The number of aliphatic carboxylic acids is 1. The minimum Gasteiger partial charge on any atom is -0.481 e. The summed E-state index contributed by atoms with van der Waals surface area (Å²) in [6.07, 6.45) is 10.6. The number of nitro groups is 1. The summed E-state index contributed by atoms with van der Waals surface area (Å²) in [6.45, 7) is 17.5. The average molecular weight is 607 g/mol. The smallest absolute Gasteiger partial charge is 0.309 e. The normalized spacial score (nSPS) is 43.5. The number of carbonyl (C=O) groups is 1. The van der Waals surface area contributed by atoms with Gasteiger partial charge < -0.3 is 9.94 Å². The zero-order chi connectivity index (χ0) is 31.9. The summed E-state index contributed by atoms with van der Waals surface area (Å²) in [5.74, 6) is 2.45. The zero-order valence-electron chi connectivity index (χ0n) is 28.0. The van der Waals surface area contributed by atoms with Crippen molar-refractivity contribution in [1.29, 1.82) is 0 Å². The summed E-state index contributed by atoms with van der Waals surface area (Å²) in [5, 5.41) is 26.4. The largest absolute Gasteiger partial charge is 0.481 e. The molecule has 7 heteroatoms. The fraction of sp³-hybridized carbons (Fsp3) is 0.784. The van der Waals surface area contributed by atoms with E-state index in [0.717, 1.165) is 49.8 Å². The molecule has 5 aliphatic carbocycles. The van der Waals surface area contributed by atoms with Crippen LogP contribution in [-0.4, -0.2) is 21.7 Å². The summed E-state index contributed by atoms with van der Waals surface area (Å²) in [6, 6.07) is 6.50. The Morgan fingerprint density at radius 1 is 0.955 bits per heavy atom. The highest BCUT2D eigenvalue weighted by molar-refractivity contribution is 5.90. The number of benzene rings is 1. The molecule has 1 aromatic rings. The van der Waals surface area contributed by atoms with E-state index in [0.29, 0.717) is 42.1 Å². The van der Waals surface area contributed by atoms with Gasteiger partial charge in [-0.15, -0.1) is 0 Å². The van der Waals surface area contributed by atoms with Crippen LogP contribution in [0, 0.1) is 72.7 Å². The first-order valence-corrected chi connectivity index (χ1v) is 17.3. The lowest BCUT2D eigenvalue weighted by atomic mass is 9.32. The molecular formula is C37H54N2O5. The van der Waals surface area contributed by atoms with Gasteiger partial charge in [0, 0.05) is 17.5 Å². The summed E-state index contributed by atoms with van der Waals surface area (Å²) in [5.41, 5.74) is 2.06. The maximum Gasteiger partial charge on any atom is 0.309 e. The van der Waals surface area contributed by atoms with E-state index >= 15 is 0 Å². The van der Waals surface area contributed by atoms with Crippen molar-refractivity contribution in [3.05, 3.63) is 39.9 Å². The van der Waals surface area contributed by atoms with Gasteiger partial charge in [-0.25, -0.2) is 0 Å². The van der Waals surface area contributed by atoms with Crippen LogP contribution >= 0.6 is 0 Å². The fourth-order valence-electron chi connectivity index (χ4n) is 12.6. The van der Waals surface area contributed by atoms with Crippen molar-refractivity contribution in [2.45, 2.75) is 119 Å². The van der Waals surface area contributed by atoms with Crippen molar-refractivity contribution >= 4 is 17.4 Å². The molecule has 0 amide bonds. The highest BCUT2D eigenvalue weighted by Gasteiger charge is 2.72. The van der Waals surface area contributed by atoms with Crippen molar-refractivity contribution in [1.82, 2.24) is 0 Å². The maximum absolute atomic E-state index is 13.0. The SMILES string of the molecule is CC(C)[C@@H]1CC[C@]2(C(=O)O)CC[C@]3(C)[C@H](CC[C@@H]4[C@@]5(C)CC/C(=N\OCc6ccc([N+](=O)[O-])cc6)C(C)(C)[C@@H]5CC[C@]43C)[C@@H]12. The number of carboxylic acids is 1. The second-order valence-corrected chi connectivity index (χ2v) is 17.1. The standard InChI is InChI=1S/C37H54N2O5/c1-23(2)26-14-19-37(32(40)41)21-20-35(6)27(31(26)37)12-13-29-34(5)17-16-30(33(3,4)28(34)15-18-36(29,35)7)38-44-22-24-8-10-25(11-9-24)39(42)43/h8-11,23,26-29,31H,12-22H2,1-7H3,(H,40,41)/b38-30+/t26-,27+,28-,29+,31+,34-,35+,36+,37-/m0/s1. The van der Waals surface area contributed by atoms with E-state index in [4.69, 9.17) is 9.99 Å². The molecule has 1 N–H and O–H groups in total. The van der Waals surface area contributed by atoms with E-state index in [1.54, 1.807) is 12.1 Å². The van der Waals surface area contributed by atoms with E-state index in [9.17, 15) is 20.0 Å². The number of oxime groups is 1. The zero-order valence-corrected chi connectivity index (χ0v) is 28.0. The minimum absolute atomic E-state index is 0.0809. The van der Waals surface area contributed by atoms with Crippen LogP contribution in [0.15, 0.2) is 29.4 Å². The van der Waals surface area contributed by atoms with Gasteiger partial charge in [0.15, 0.2) is 0 Å². The minimum atomic E-state index is -0.521. The molecule has 6 rings (SSSR count). The van der Waals surface area contributed by atoms with Crippen molar-refractivity contribution in [2.75, 3.05) is 0 Å². The molecule has 44 heavy (non-hydrogen) atoms. The van der Waals surface area contributed by atoms with Crippen LogP contribution in [0.1, 0.15) is 118 Å². The predicted molar refractivity (Wildman–Crippen MR) is 172 cm³/mol. The van der Waals surface area contributed by atoms with Crippen molar-refractivity contribution in [3.63, 3.8) is 0 Å². The summed E-state index contributed by atoms with van der Waals surface area (Å²) in [7, 11) is 0.